The number of carbonyl (C=O) groups excluding carboxylic acids is 2. The van der Waals surface area contributed by atoms with Crippen LogP contribution in [-0.2, 0) is 16.0 Å². The maximum absolute atomic E-state index is 13.2. The molecular weight excluding hydrogens is 374 g/mol. The van der Waals surface area contributed by atoms with Crippen LogP contribution in [0.5, 0.6) is 0 Å². The summed E-state index contributed by atoms with van der Waals surface area (Å²) in [5.74, 6) is -0.199. The van der Waals surface area contributed by atoms with Crippen molar-refractivity contribution in [3.05, 3.63) is 90.0 Å². The van der Waals surface area contributed by atoms with Crippen LogP contribution in [0.4, 0.5) is 17.1 Å². The number of para-hydroxylation sites is 3. The van der Waals surface area contributed by atoms with Crippen molar-refractivity contribution in [1.82, 2.24) is 0 Å². The molecule has 0 atom stereocenters. The highest BCUT2D eigenvalue weighted by atomic mass is 16.2. The summed E-state index contributed by atoms with van der Waals surface area (Å²) in [6.07, 6.45) is 0.996. The predicted molar refractivity (Wildman–Crippen MR) is 119 cm³/mol. The molecule has 0 N–H and O–H groups in total. The Bertz CT molecular complexity index is 1150. The van der Waals surface area contributed by atoms with E-state index < -0.39 is 0 Å². The summed E-state index contributed by atoms with van der Waals surface area (Å²) in [6, 6.07) is 25.2. The van der Waals surface area contributed by atoms with E-state index in [9.17, 15) is 9.59 Å². The third-order valence-electron chi connectivity index (χ3n) is 5.64. The molecule has 148 valence electrons. The number of amides is 2. The number of anilines is 2. The van der Waals surface area contributed by atoms with Gasteiger partial charge in [-0.1, -0.05) is 60.7 Å². The lowest BCUT2D eigenvalue weighted by atomic mass is 10.1. The van der Waals surface area contributed by atoms with Crippen LogP contribution in [0.25, 0.3) is 0 Å². The monoisotopic (exact) mass is 395 g/mol. The standard InChI is InChI=1S/C25H21N3O2/c29-24-16-21(18-8-2-1-3-9-18)26-20-11-5-7-13-23(20)28(24)17-25(30)27-15-14-19-10-4-6-12-22(19)27/h1-13H,14-17H2. The quantitative estimate of drug-likeness (QED) is 0.669. The molecule has 0 aromatic heterocycles. The van der Waals surface area contributed by atoms with Gasteiger partial charge < -0.3 is 9.80 Å². The zero-order valence-electron chi connectivity index (χ0n) is 16.5. The van der Waals surface area contributed by atoms with Crippen LogP contribution in [0.1, 0.15) is 17.5 Å². The molecule has 0 bridgehead atoms. The number of nitrogens with zero attached hydrogens (tertiary/aromatic N) is 3. The van der Waals surface area contributed by atoms with E-state index in [0.29, 0.717) is 17.9 Å². The zero-order chi connectivity index (χ0) is 20.5. The molecule has 5 nitrogen and oxygen atoms in total. The Morgan fingerprint density at radius 2 is 1.57 bits per heavy atom. The van der Waals surface area contributed by atoms with Crippen LogP contribution >= 0.6 is 0 Å². The molecule has 3 aromatic carbocycles. The summed E-state index contributed by atoms with van der Waals surface area (Å²) >= 11 is 0. The first-order valence-electron chi connectivity index (χ1n) is 10.1. The average Bonchev–Trinajstić information content (AvgIpc) is 3.16. The number of hydrogen-bond donors (Lipinski definition) is 0. The molecule has 0 unspecified atom stereocenters. The van der Waals surface area contributed by atoms with Gasteiger partial charge in [-0.05, 0) is 35.7 Å². The normalized spacial score (nSPS) is 15.3. The van der Waals surface area contributed by atoms with Gasteiger partial charge >= 0.3 is 0 Å². The van der Waals surface area contributed by atoms with Crippen LogP contribution in [0, 0.1) is 0 Å². The van der Waals surface area contributed by atoms with E-state index in [0.717, 1.165) is 23.4 Å². The van der Waals surface area contributed by atoms with Crippen molar-refractivity contribution in [2.45, 2.75) is 12.8 Å². The molecule has 2 heterocycles. The molecule has 5 rings (SSSR count). The van der Waals surface area contributed by atoms with Crippen molar-refractivity contribution in [3.8, 4) is 0 Å². The second kappa shape index (κ2) is 7.59. The lowest BCUT2D eigenvalue weighted by Gasteiger charge is -2.25. The second-order valence-electron chi connectivity index (χ2n) is 7.49. The van der Waals surface area contributed by atoms with Crippen molar-refractivity contribution in [2.24, 2.45) is 4.99 Å². The summed E-state index contributed by atoms with van der Waals surface area (Å²) in [7, 11) is 0. The minimum atomic E-state index is -0.122. The molecule has 5 heteroatoms. The van der Waals surface area contributed by atoms with Crippen LogP contribution in [0.15, 0.2) is 83.9 Å². The van der Waals surface area contributed by atoms with Gasteiger partial charge in [0.1, 0.15) is 6.54 Å². The van der Waals surface area contributed by atoms with Crippen LogP contribution in [0.3, 0.4) is 0 Å². The lowest BCUT2D eigenvalue weighted by molar-refractivity contribution is -0.121. The average molecular weight is 395 g/mol. The van der Waals surface area contributed by atoms with E-state index in [-0.39, 0.29) is 24.8 Å². The highest BCUT2D eigenvalue weighted by molar-refractivity contribution is 6.19. The molecule has 2 aliphatic heterocycles. The first-order chi connectivity index (χ1) is 14.7. The molecule has 0 radical (unpaired) electrons. The maximum Gasteiger partial charge on any atom is 0.247 e. The van der Waals surface area contributed by atoms with E-state index in [4.69, 9.17) is 4.99 Å². The number of hydrogen-bond acceptors (Lipinski definition) is 3. The third kappa shape index (κ3) is 3.28. The number of aliphatic imine (C=N–C) groups is 1. The summed E-state index contributed by atoms with van der Waals surface area (Å²) in [6.45, 7) is 0.648. The van der Waals surface area contributed by atoms with Gasteiger partial charge in [-0.25, -0.2) is 0 Å². The Hall–Kier alpha value is -3.73. The fraction of sp³-hybridized carbons (Fsp3) is 0.160. The smallest absolute Gasteiger partial charge is 0.247 e. The van der Waals surface area contributed by atoms with Gasteiger partial charge in [0.25, 0.3) is 0 Å². The Balaban J connectivity index is 1.46. The SMILES string of the molecule is O=C(CN1C(=O)CC(c2ccccc2)=Nc2ccccc21)N1CCc2ccccc21. The summed E-state index contributed by atoms with van der Waals surface area (Å²) in [5.41, 5.74) is 5.13. The molecule has 0 aliphatic carbocycles. The summed E-state index contributed by atoms with van der Waals surface area (Å²) < 4.78 is 0. The molecule has 30 heavy (non-hydrogen) atoms. The first kappa shape index (κ1) is 18.3. The Morgan fingerprint density at radius 3 is 2.40 bits per heavy atom. The summed E-state index contributed by atoms with van der Waals surface area (Å²) in [4.78, 5) is 34.6. The van der Waals surface area contributed by atoms with Gasteiger partial charge in [-0.15, -0.1) is 0 Å². The predicted octanol–water partition coefficient (Wildman–Crippen LogP) is 4.13. The van der Waals surface area contributed by atoms with E-state index in [2.05, 4.69) is 6.07 Å². The Kier molecular flexibility index (Phi) is 4.64. The van der Waals surface area contributed by atoms with Gasteiger partial charge in [0.05, 0.1) is 23.5 Å². The third-order valence-corrected chi connectivity index (χ3v) is 5.64. The van der Waals surface area contributed by atoms with E-state index >= 15 is 0 Å². The highest BCUT2D eigenvalue weighted by Crippen LogP contribution is 2.34. The van der Waals surface area contributed by atoms with E-state index in [1.54, 1.807) is 9.80 Å². The Morgan fingerprint density at radius 1 is 0.867 bits per heavy atom. The number of carbonyl (C=O) groups is 2. The van der Waals surface area contributed by atoms with Gasteiger partial charge in [0.15, 0.2) is 0 Å². The topological polar surface area (TPSA) is 53.0 Å². The fourth-order valence-corrected chi connectivity index (χ4v) is 4.13. The van der Waals surface area contributed by atoms with Gasteiger partial charge in [0, 0.05) is 12.2 Å². The van der Waals surface area contributed by atoms with Gasteiger partial charge in [-0.3, -0.25) is 14.6 Å². The van der Waals surface area contributed by atoms with Gasteiger partial charge in [-0.2, -0.15) is 0 Å². The van der Waals surface area contributed by atoms with Crippen LogP contribution in [0.2, 0.25) is 0 Å². The Labute approximate surface area is 175 Å². The van der Waals surface area contributed by atoms with Crippen molar-refractivity contribution in [2.75, 3.05) is 22.9 Å². The molecular formula is C25H21N3O2. The van der Waals surface area contributed by atoms with Crippen LogP contribution < -0.4 is 9.80 Å². The molecule has 3 aromatic rings. The van der Waals surface area contributed by atoms with Crippen molar-refractivity contribution >= 4 is 34.6 Å². The minimum absolute atomic E-state index is 0.00176. The molecule has 0 fully saturated rings. The highest BCUT2D eigenvalue weighted by Gasteiger charge is 2.30. The number of rotatable bonds is 3. The minimum Gasteiger partial charge on any atom is -0.310 e. The lowest BCUT2D eigenvalue weighted by Crippen LogP contribution is -2.42. The largest absolute Gasteiger partial charge is 0.310 e. The molecule has 0 saturated carbocycles. The molecule has 2 aliphatic rings. The molecule has 0 spiro atoms. The van der Waals surface area contributed by atoms with Crippen LogP contribution in [-0.4, -0.2) is 30.6 Å². The first-order valence-corrected chi connectivity index (χ1v) is 10.1. The second-order valence-corrected chi connectivity index (χ2v) is 7.49. The number of fused-ring (bicyclic) bond motifs is 2. The van der Waals surface area contributed by atoms with E-state index in [1.165, 1.54) is 5.56 Å². The fourth-order valence-electron chi connectivity index (χ4n) is 4.13. The summed E-state index contributed by atoms with van der Waals surface area (Å²) in [5, 5.41) is 0. The number of benzene rings is 3. The molecule has 2 amide bonds. The van der Waals surface area contributed by atoms with Crippen molar-refractivity contribution in [3.63, 3.8) is 0 Å². The van der Waals surface area contributed by atoms with Gasteiger partial charge in [0.2, 0.25) is 11.8 Å². The zero-order valence-corrected chi connectivity index (χ0v) is 16.5. The maximum atomic E-state index is 13.2. The van der Waals surface area contributed by atoms with Crippen molar-refractivity contribution < 1.29 is 9.59 Å². The van der Waals surface area contributed by atoms with E-state index in [1.807, 2.05) is 72.8 Å². The van der Waals surface area contributed by atoms with Crippen molar-refractivity contribution in [1.29, 1.82) is 0 Å². The molecule has 0 saturated heterocycles.